The molecule has 1 N–H and O–H groups in total. The number of carbonyl (C=O) groups is 4. The van der Waals surface area contributed by atoms with E-state index in [2.05, 4.69) is 5.23 Å². The summed E-state index contributed by atoms with van der Waals surface area (Å²) < 4.78 is 0.526. The van der Waals surface area contributed by atoms with Crippen LogP contribution in [0.4, 0.5) is 0 Å². The van der Waals surface area contributed by atoms with Gasteiger partial charge >= 0.3 is 0 Å². The lowest BCUT2D eigenvalue weighted by Gasteiger charge is -2.42. The van der Waals surface area contributed by atoms with Crippen molar-refractivity contribution < 1.29 is 19.2 Å². The second kappa shape index (κ2) is 11.3. The molecule has 0 spiro atoms. The minimum absolute atomic E-state index is 0.0206. The molecule has 1 aliphatic heterocycles. The van der Waals surface area contributed by atoms with E-state index in [1.165, 1.54) is 0 Å². The zero-order valence-electron chi connectivity index (χ0n) is 16.9. The number of likely N-dealkylation sites (tertiary alicyclic amines) is 1. The molecule has 3 amide bonds. The molecule has 7 nitrogen and oxygen atoms in total. The van der Waals surface area contributed by atoms with Crippen molar-refractivity contribution in [3.63, 3.8) is 0 Å². The highest BCUT2D eigenvalue weighted by Crippen LogP contribution is 2.39. The molecule has 1 saturated heterocycles. The maximum atomic E-state index is 12.4. The Bertz CT molecular complexity index is 576. The van der Waals surface area contributed by atoms with Crippen LogP contribution in [-0.4, -0.2) is 70.2 Å². The van der Waals surface area contributed by atoms with Gasteiger partial charge in [-0.15, -0.1) is 0 Å². The number of nitrogens with zero attached hydrogens (tertiary/aromatic N) is 2. The van der Waals surface area contributed by atoms with Crippen LogP contribution in [0.25, 0.3) is 0 Å². The monoisotopic (exact) mass is 383 g/mol. The lowest BCUT2D eigenvalue weighted by atomic mass is 9.72. The second-order valence-electron chi connectivity index (χ2n) is 7.93. The van der Waals surface area contributed by atoms with Gasteiger partial charge in [0.25, 0.3) is 0 Å². The average Bonchev–Trinajstić information content (AvgIpc) is 2.64. The molecule has 10 heteroatoms. The van der Waals surface area contributed by atoms with Crippen molar-refractivity contribution in [2.75, 3.05) is 13.1 Å². The summed E-state index contributed by atoms with van der Waals surface area (Å²) >= 11 is 0. The molecule has 0 unspecified atom stereocenters. The smallest absolute Gasteiger partial charge is 0.226 e. The number of ketones is 1. The first-order valence-corrected chi connectivity index (χ1v) is 9.72. The van der Waals surface area contributed by atoms with Gasteiger partial charge in [0, 0.05) is 44.7 Å². The first-order chi connectivity index (χ1) is 13.1. The number of nitrogens with one attached hydrogen (secondary N) is 1. The molecule has 0 atom stereocenters. The molecule has 0 aromatic carbocycles. The van der Waals surface area contributed by atoms with Crippen LogP contribution in [0.1, 0.15) is 65.2 Å². The van der Waals surface area contributed by atoms with Gasteiger partial charge in [0.1, 0.15) is 5.78 Å². The lowest BCUT2D eigenvalue weighted by molar-refractivity contribution is -0.135. The van der Waals surface area contributed by atoms with Crippen LogP contribution in [0, 0.1) is 11.3 Å². The zero-order valence-corrected chi connectivity index (χ0v) is 16.9. The summed E-state index contributed by atoms with van der Waals surface area (Å²) in [5.74, 6) is -0.578. The van der Waals surface area contributed by atoms with Crippen molar-refractivity contribution in [2.24, 2.45) is 11.3 Å². The quantitative estimate of drug-likeness (QED) is 0.436. The van der Waals surface area contributed by atoms with Crippen LogP contribution in [0.2, 0.25) is 0 Å². The predicted octanol–water partition coefficient (Wildman–Crippen LogP) is 0.356. The standard InChI is InChI=1S/C18H28B3N3O4/c1-13(2)14(25)5-3-4-6-16(27)23-9-7-18(8-10-23,11-15(26)22-19)12-17(28)24(20)21/h13H,3-12H2,1-2H3,(H,22,26). The van der Waals surface area contributed by atoms with Crippen molar-refractivity contribution in [3.8, 4) is 0 Å². The largest absolute Gasteiger partial charge is 0.449 e. The number of rotatable bonds is 10. The molecule has 0 aromatic heterocycles. The van der Waals surface area contributed by atoms with Crippen molar-refractivity contribution >= 4 is 47.4 Å². The summed E-state index contributed by atoms with van der Waals surface area (Å²) in [6.07, 6.45) is 3.32. The highest BCUT2D eigenvalue weighted by Gasteiger charge is 2.39. The minimum atomic E-state index is -0.627. The van der Waals surface area contributed by atoms with Gasteiger partial charge in [-0.25, -0.2) is 0 Å². The van der Waals surface area contributed by atoms with Crippen molar-refractivity contribution in [2.45, 2.75) is 65.2 Å². The van der Waals surface area contributed by atoms with Gasteiger partial charge in [0.15, 0.2) is 5.91 Å². The second-order valence-corrected chi connectivity index (χ2v) is 7.93. The Labute approximate surface area is 171 Å². The van der Waals surface area contributed by atoms with Crippen molar-refractivity contribution in [3.05, 3.63) is 0 Å². The summed E-state index contributed by atoms with van der Waals surface area (Å²) in [5.41, 5.74) is -0.627. The summed E-state index contributed by atoms with van der Waals surface area (Å²) in [6.45, 7) is 4.64. The Morgan fingerprint density at radius 3 is 2.11 bits per heavy atom. The van der Waals surface area contributed by atoms with Gasteiger partial charge in [-0.1, -0.05) is 13.8 Å². The maximum absolute atomic E-state index is 12.4. The lowest BCUT2D eigenvalue weighted by Crippen LogP contribution is -2.46. The first kappa shape index (κ1) is 24.3. The van der Waals surface area contributed by atoms with Crippen LogP contribution >= 0.6 is 0 Å². The molecule has 28 heavy (non-hydrogen) atoms. The van der Waals surface area contributed by atoms with E-state index in [9.17, 15) is 19.2 Å². The van der Waals surface area contributed by atoms with E-state index in [-0.39, 0.29) is 36.4 Å². The van der Waals surface area contributed by atoms with Crippen LogP contribution in [0.5, 0.6) is 0 Å². The van der Waals surface area contributed by atoms with Crippen LogP contribution in [0.3, 0.4) is 0 Å². The topological polar surface area (TPSA) is 86.8 Å². The fourth-order valence-corrected chi connectivity index (χ4v) is 3.47. The molecule has 0 aromatic rings. The van der Waals surface area contributed by atoms with E-state index >= 15 is 0 Å². The summed E-state index contributed by atoms with van der Waals surface area (Å²) in [6, 6.07) is 0. The Kier molecular flexibility index (Phi) is 9.83. The molecule has 0 saturated carbocycles. The molecule has 6 radical (unpaired) electrons. The number of hydrogen-bond acceptors (Lipinski definition) is 4. The first-order valence-electron chi connectivity index (χ1n) is 9.72. The fraction of sp³-hybridized carbons (Fsp3) is 0.778. The number of carbonyl (C=O) groups excluding carboxylic acids is 4. The summed E-state index contributed by atoms with van der Waals surface area (Å²) in [5, 5.41) is 2.09. The summed E-state index contributed by atoms with van der Waals surface area (Å²) in [7, 11) is 15.8. The number of amides is 3. The van der Waals surface area contributed by atoms with Crippen molar-refractivity contribution in [1.29, 1.82) is 0 Å². The SMILES string of the molecule is [B]NC(=O)CC1(CC(=O)N([B])[B])CCN(C(=O)CCCCC(=O)C(C)C)CC1. The van der Waals surface area contributed by atoms with Gasteiger partial charge in [0.05, 0.1) is 0 Å². The Morgan fingerprint density at radius 1 is 1.04 bits per heavy atom. The third kappa shape index (κ3) is 7.72. The van der Waals surface area contributed by atoms with E-state index in [0.29, 0.717) is 56.3 Å². The van der Waals surface area contributed by atoms with Crippen LogP contribution < -0.4 is 5.23 Å². The van der Waals surface area contributed by atoms with Gasteiger partial charge in [-0.2, -0.15) is 0 Å². The van der Waals surface area contributed by atoms with Gasteiger partial charge < -0.3 is 14.8 Å². The molecule has 1 rings (SSSR count). The average molecular weight is 383 g/mol. The third-order valence-electron chi connectivity index (χ3n) is 5.40. The molecule has 148 valence electrons. The number of piperidine rings is 1. The maximum Gasteiger partial charge on any atom is 0.226 e. The van der Waals surface area contributed by atoms with Gasteiger partial charge in [-0.05, 0) is 31.1 Å². The number of unbranched alkanes of at least 4 members (excludes halogenated alkanes) is 1. The molecule has 0 aliphatic carbocycles. The number of Topliss-reactive ketones (excluding diaryl/α,β-unsaturated/α-hetero) is 1. The zero-order chi connectivity index (χ0) is 21.3. The third-order valence-corrected chi connectivity index (χ3v) is 5.40. The predicted molar refractivity (Wildman–Crippen MR) is 108 cm³/mol. The van der Waals surface area contributed by atoms with Crippen molar-refractivity contribution in [1.82, 2.24) is 14.8 Å². The highest BCUT2D eigenvalue weighted by molar-refractivity contribution is 6.34. The normalized spacial score (nSPS) is 15.9. The van der Waals surface area contributed by atoms with Crippen LogP contribution in [0.15, 0.2) is 0 Å². The van der Waals surface area contributed by atoms with Crippen LogP contribution in [-0.2, 0) is 19.2 Å². The fourth-order valence-electron chi connectivity index (χ4n) is 3.47. The minimum Gasteiger partial charge on any atom is -0.449 e. The molecular weight excluding hydrogens is 355 g/mol. The van der Waals surface area contributed by atoms with E-state index in [0.717, 1.165) is 0 Å². The Balaban J connectivity index is 2.55. The summed E-state index contributed by atoms with van der Waals surface area (Å²) in [4.78, 5) is 49.6. The van der Waals surface area contributed by atoms with Gasteiger partial charge in [-0.3, -0.25) is 19.2 Å². The molecule has 1 fully saturated rings. The number of hydrogen-bond donors (Lipinski definition) is 1. The Hall–Kier alpha value is -1.73. The molecular formula is C18H28B3N3O4. The molecule has 0 bridgehead atoms. The van der Waals surface area contributed by atoms with E-state index in [1.807, 2.05) is 13.8 Å². The Morgan fingerprint density at radius 2 is 1.61 bits per heavy atom. The molecule has 1 heterocycles. The van der Waals surface area contributed by atoms with E-state index in [1.54, 1.807) is 4.90 Å². The van der Waals surface area contributed by atoms with Gasteiger partial charge in [0.2, 0.25) is 35.8 Å². The van der Waals surface area contributed by atoms with E-state index in [4.69, 9.17) is 23.9 Å². The highest BCUT2D eigenvalue weighted by atomic mass is 16.2. The molecule has 1 aliphatic rings. The van der Waals surface area contributed by atoms with E-state index < -0.39 is 11.3 Å².